The summed E-state index contributed by atoms with van der Waals surface area (Å²) in [7, 11) is 0. The molecule has 0 heterocycles. The SMILES string of the molecule is C=C(C)C(=C)[C@]1(c2cccc(/C=C/CNCC(=O)/C(=C/C(=C\C)C/C=C/CCC[C@@H](C)CC)C(=O)/C=C/C)c2)C[C@H](C)C1. The zero-order valence-electron chi connectivity index (χ0n) is 27.7. The number of rotatable bonds is 19. The highest BCUT2D eigenvalue weighted by molar-refractivity contribution is 6.24. The van der Waals surface area contributed by atoms with Crippen LogP contribution in [0.2, 0.25) is 0 Å². The topological polar surface area (TPSA) is 46.2 Å². The van der Waals surface area contributed by atoms with Gasteiger partial charge in [-0.25, -0.2) is 0 Å². The van der Waals surface area contributed by atoms with Gasteiger partial charge in [0, 0.05) is 12.0 Å². The molecule has 1 aromatic rings. The molecular weight excluding hydrogens is 526 g/mol. The number of unbranched alkanes of at least 4 members (excludes halogenated alkanes) is 1. The van der Waals surface area contributed by atoms with Crippen LogP contribution >= 0.6 is 0 Å². The van der Waals surface area contributed by atoms with Gasteiger partial charge in [-0.2, -0.15) is 0 Å². The van der Waals surface area contributed by atoms with Gasteiger partial charge in [0.25, 0.3) is 0 Å². The van der Waals surface area contributed by atoms with E-state index in [1.54, 1.807) is 19.1 Å². The number of ketones is 2. The van der Waals surface area contributed by atoms with Crippen molar-refractivity contribution >= 4 is 17.6 Å². The van der Waals surface area contributed by atoms with E-state index >= 15 is 0 Å². The average molecular weight is 582 g/mol. The standard InChI is InChI=1S/C40H55NO2/c1-9-18-38(42)37(26-34(11-3)20-15-13-12-14-19-31(6)10-2)39(43)29-41-24-17-22-35-21-16-23-36(25-35)40(27-32(7)28-40)33(8)30(4)5/h9,11,13,15-18,21-23,25-26,31-32,41H,4,8,10,12,14,19-20,24,27-29H2,1-3,5-7H3/b15-13+,18-9+,22-17+,34-11-,37-26+/t31-,32-,40-/m0/s1. The molecule has 0 aromatic heterocycles. The summed E-state index contributed by atoms with van der Waals surface area (Å²) >= 11 is 0. The first-order valence-corrected chi connectivity index (χ1v) is 16.1. The van der Waals surface area contributed by atoms with Crippen LogP contribution in [0.1, 0.15) is 97.6 Å². The molecule has 1 aliphatic rings. The minimum Gasteiger partial charge on any atom is -0.306 e. The molecule has 0 bridgehead atoms. The Bertz CT molecular complexity index is 1260. The van der Waals surface area contributed by atoms with Gasteiger partial charge in [-0.1, -0.05) is 113 Å². The Morgan fingerprint density at radius 3 is 2.51 bits per heavy atom. The first-order valence-electron chi connectivity index (χ1n) is 16.1. The fraction of sp³-hybridized carbons (Fsp3) is 0.450. The largest absolute Gasteiger partial charge is 0.306 e. The fourth-order valence-corrected chi connectivity index (χ4v) is 5.80. The molecule has 1 atom stereocenters. The summed E-state index contributed by atoms with van der Waals surface area (Å²) in [5.74, 6) is 0.995. The summed E-state index contributed by atoms with van der Waals surface area (Å²) in [4.78, 5) is 25.9. The molecule has 1 aliphatic carbocycles. The number of benzene rings is 1. The van der Waals surface area contributed by atoms with E-state index in [2.05, 4.69) is 81.7 Å². The predicted octanol–water partition coefficient (Wildman–Crippen LogP) is 9.84. The Morgan fingerprint density at radius 2 is 1.88 bits per heavy atom. The summed E-state index contributed by atoms with van der Waals surface area (Å²) in [6, 6.07) is 8.65. The molecule has 0 radical (unpaired) electrons. The van der Waals surface area contributed by atoms with Crippen molar-refractivity contribution in [2.45, 2.75) is 91.9 Å². The van der Waals surface area contributed by atoms with E-state index in [4.69, 9.17) is 0 Å². The molecule has 3 nitrogen and oxygen atoms in total. The number of carbonyl (C=O) groups is 2. The molecule has 1 saturated carbocycles. The zero-order valence-corrected chi connectivity index (χ0v) is 27.7. The van der Waals surface area contributed by atoms with Crippen LogP contribution in [-0.4, -0.2) is 24.7 Å². The summed E-state index contributed by atoms with van der Waals surface area (Å²) in [6.45, 7) is 21.8. The van der Waals surface area contributed by atoms with Crippen molar-refractivity contribution in [3.63, 3.8) is 0 Å². The van der Waals surface area contributed by atoms with Gasteiger partial charge in [-0.05, 0) is 99.1 Å². The van der Waals surface area contributed by atoms with Crippen molar-refractivity contribution in [3.05, 3.63) is 113 Å². The quantitative estimate of drug-likeness (QED) is 0.0442. The lowest BCUT2D eigenvalue weighted by molar-refractivity contribution is -0.118. The van der Waals surface area contributed by atoms with Gasteiger partial charge in [0.05, 0.1) is 12.1 Å². The number of carbonyl (C=O) groups excluding carboxylic acids is 2. The van der Waals surface area contributed by atoms with Crippen LogP contribution < -0.4 is 5.32 Å². The summed E-state index contributed by atoms with van der Waals surface area (Å²) in [6.07, 6.45) is 22.9. The van der Waals surface area contributed by atoms with Crippen LogP contribution in [0.15, 0.2) is 102 Å². The van der Waals surface area contributed by atoms with Crippen molar-refractivity contribution in [1.29, 1.82) is 0 Å². The van der Waals surface area contributed by atoms with Crippen LogP contribution in [0.3, 0.4) is 0 Å². The Hall–Kier alpha value is -3.30. The molecule has 0 spiro atoms. The molecule has 0 saturated heterocycles. The zero-order chi connectivity index (χ0) is 31.8. The molecule has 0 unspecified atom stereocenters. The van der Waals surface area contributed by atoms with E-state index in [1.807, 2.05) is 26.0 Å². The molecule has 3 heteroatoms. The molecule has 0 amide bonds. The summed E-state index contributed by atoms with van der Waals surface area (Å²) < 4.78 is 0. The lowest BCUT2D eigenvalue weighted by Crippen LogP contribution is -2.41. The van der Waals surface area contributed by atoms with Crippen LogP contribution in [-0.2, 0) is 15.0 Å². The second-order valence-electron chi connectivity index (χ2n) is 12.3. The Morgan fingerprint density at radius 1 is 1.14 bits per heavy atom. The van der Waals surface area contributed by atoms with Gasteiger partial charge in [0.15, 0.2) is 11.6 Å². The monoisotopic (exact) mass is 581 g/mol. The maximum Gasteiger partial charge on any atom is 0.189 e. The van der Waals surface area contributed by atoms with E-state index in [-0.39, 0.29) is 29.1 Å². The van der Waals surface area contributed by atoms with Gasteiger partial charge in [-0.15, -0.1) is 0 Å². The van der Waals surface area contributed by atoms with Crippen molar-refractivity contribution in [3.8, 4) is 0 Å². The predicted molar refractivity (Wildman–Crippen MR) is 186 cm³/mol. The second-order valence-corrected chi connectivity index (χ2v) is 12.3. The summed E-state index contributed by atoms with van der Waals surface area (Å²) in [5.41, 5.74) is 5.77. The van der Waals surface area contributed by atoms with Crippen molar-refractivity contribution in [2.75, 3.05) is 13.1 Å². The Labute approximate surface area is 262 Å². The number of hydrogen-bond donors (Lipinski definition) is 1. The first kappa shape index (κ1) is 35.9. The number of nitrogens with one attached hydrogen (secondary N) is 1. The van der Waals surface area contributed by atoms with Crippen LogP contribution in [0.25, 0.3) is 6.08 Å². The van der Waals surface area contributed by atoms with E-state index in [0.717, 1.165) is 47.5 Å². The maximum atomic E-state index is 13.1. The van der Waals surface area contributed by atoms with Gasteiger partial charge in [0.2, 0.25) is 0 Å². The minimum atomic E-state index is -0.255. The lowest BCUT2D eigenvalue weighted by atomic mass is 9.55. The summed E-state index contributed by atoms with van der Waals surface area (Å²) in [5, 5.41) is 3.20. The molecule has 1 aromatic carbocycles. The molecule has 1 N–H and O–H groups in total. The minimum absolute atomic E-state index is 0.0170. The molecular formula is C40H55NO2. The third kappa shape index (κ3) is 11.0. The van der Waals surface area contributed by atoms with Crippen LogP contribution in [0.4, 0.5) is 0 Å². The second kappa shape index (κ2) is 18.4. The van der Waals surface area contributed by atoms with Crippen molar-refractivity contribution in [1.82, 2.24) is 5.32 Å². The number of hydrogen-bond acceptors (Lipinski definition) is 3. The van der Waals surface area contributed by atoms with Crippen molar-refractivity contribution in [2.24, 2.45) is 11.8 Å². The van der Waals surface area contributed by atoms with Crippen LogP contribution in [0.5, 0.6) is 0 Å². The van der Waals surface area contributed by atoms with E-state index in [1.165, 1.54) is 30.9 Å². The molecule has 232 valence electrons. The smallest absolute Gasteiger partial charge is 0.189 e. The third-order valence-electron chi connectivity index (χ3n) is 8.65. The normalized spacial score (nSPS) is 20.1. The molecule has 2 rings (SSSR count). The van der Waals surface area contributed by atoms with Gasteiger partial charge in [-0.3, -0.25) is 9.59 Å². The number of Topliss-reactive ketones (excluding diaryl/α,β-unsaturated/α-hetero) is 1. The van der Waals surface area contributed by atoms with E-state index in [9.17, 15) is 9.59 Å². The molecule has 1 fully saturated rings. The molecule has 43 heavy (non-hydrogen) atoms. The number of allylic oxidation sites excluding steroid dienone is 9. The average Bonchev–Trinajstić information content (AvgIpc) is 2.97. The Balaban J connectivity index is 1.99. The van der Waals surface area contributed by atoms with Gasteiger partial charge >= 0.3 is 0 Å². The highest BCUT2D eigenvalue weighted by Gasteiger charge is 2.45. The van der Waals surface area contributed by atoms with E-state index < -0.39 is 0 Å². The first-order chi connectivity index (χ1) is 20.6. The molecule has 0 aliphatic heterocycles. The highest BCUT2D eigenvalue weighted by atomic mass is 16.1. The van der Waals surface area contributed by atoms with Gasteiger partial charge in [0.1, 0.15) is 0 Å². The Kier molecular flexibility index (Phi) is 15.3. The lowest BCUT2D eigenvalue weighted by Gasteiger charge is -2.49. The van der Waals surface area contributed by atoms with Crippen LogP contribution in [0, 0.1) is 11.8 Å². The van der Waals surface area contributed by atoms with Crippen molar-refractivity contribution < 1.29 is 9.59 Å². The van der Waals surface area contributed by atoms with Gasteiger partial charge < -0.3 is 5.32 Å². The highest BCUT2D eigenvalue weighted by Crippen LogP contribution is 2.53. The third-order valence-corrected chi connectivity index (χ3v) is 8.65. The fourth-order valence-electron chi connectivity index (χ4n) is 5.80. The maximum absolute atomic E-state index is 13.1. The van der Waals surface area contributed by atoms with E-state index in [0.29, 0.717) is 18.9 Å².